The van der Waals surface area contributed by atoms with Crippen LogP contribution in [0.5, 0.6) is 0 Å². The first-order valence-corrected chi connectivity index (χ1v) is 29.6. The lowest BCUT2D eigenvalue weighted by molar-refractivity contribution is 1.01. The van der Waals surface area contributed by atoms with E-state index in [1.54, 1.807) is 0 Å². The van der Waals surface area contributed by atoms with E-state index in [-0.39, 0.29) is 6.71 Å². The van der Waals surface area contributed by atoms with E-state index in [0.717, 1.165) is 72.0 Å². The maximum Gasteiger partial charge on any atom is 0.242 e. The summed E-state index contributed by atoms with van der Waals surface area (Å²) in [5.74, 6) is 0.643. The summed E-state index contributed by atoms with van der Waals surface area (Å²) in [4.78, 5) is 12.9. The Morgan fingerprint density at radius 3 is 1.64 bits per heavy atom. The van der Waals surface area contributed by atoms with Crippen LogP contribution in [0, 0.1) is 0 Å². The van der Waals surface area contributed by atoms with E-state index in [0.29, 0.717) is 5.95 Å². The number of anilines is 3. The Bertz CT molecular complexity index is 4620. The lowest BCUT2D eigenvalue weighted by Gasteiger charge is -2.32. The molecule has 0 radical (unpaired) electrons. The summed E-state index contributed by atoms with van der Waals surface area (Å²) in [5.41, 5.74) is 19.8. The highest BCUT2D eigenvalue weighted by Gasteiger charge is 2.48. The third kappa shape index (κ3) is 7.16. The van der Waals surface area contributed by atoms with E-state index in [1.165, 1.54) is 59.4 Å². The molecule has 16 rings (SSSR count). The van der Waals surface area contributed by atoms with Gasteiger partial charge in [-0.2, -0.15) is 0 Å². The van der Waals surface area contributed by atoms with Crippen molar-refractivity contribution in [2.45, 2.75) is 0 Å². The van der Waals surface area contributed by atoms with Crippen molar-refractivity contribution in [3.63, 3.8) is 0 Å². The lowest BCUT2D eigenvalue weighted by atomic mass is 9.39. The van der Waals surface area contributed by atoms with Crippen molar-refractivity contribution in [2.75, 3.05) is 4.90 Å². The quantitative estimate of drug-likeness (QED) is 0.135. The monoisotopic (exact) mass is 1030 g/mol. The molecule has 2 aromatic heterocycles. The first kappa shape index (κ1) is 46.0. The van der Waals surface area contributed by atoms with Crippen molar-refractivity contribution in [1.82, 2.24) is 14.5 Å². The molecular weight excluding hydrogens is 984 g/mol. The van der Waals surface area contributed by atoms with Crippen LogP contribution in [0.3, 0.4) is 0 Å². The smallest absolute Gasteiger partial charge is 0.242 e. The summed E-state index contributed by atoms with van der Waals surface area (Å²) in [7, 11) is -2.76. The van der Waals surface area contributed by atoms with Crippen LogP contribution in [0.2, 0.25) is 0 Å². The zero-order valence-electron chi connectivity index (χ0n) is 43.7. The Labute approximate surface area is 466 Å². The first-order chi connectivity index (χ1) is 39.7. The van der Waals surface area contributed by atoms with Gasteiger partial charge in [0.15, 0.2) is 8.07 Å². The Hall–Kier alpha value is -10.1. The molecule has 0 spiro atoms. The summed E-state index contributed by atoms with van der Waals surface area (Å²) in [6.07, 6.45) is 1.96. The fraction of sp³-hybridized carbons (Fsp3) is 0. The number of nitrogens with zero attached hydrogens (tertiary/aromatic N) is 4. The van der Waals surface area contributed by atoms with Crippen molar-refractivity contribution in [2.24, 2.45) is 0 Å². The molecule has 0 N–H and O–H groups in total. The molecule has 0 amide bonds. The van der Waals surface area contributed by atoms with Gasteiger partial charge in [-0.3, -0.25) is 4.57 Å². The van der Waals surface area contributed by atoms with Gasteiger partial charge in [-0.15, -0.1) is 0 Å². The van der Waals surface area contributed by atoms with Crippen molar-refractivity contribution in [3.05, 3.63) is 297 Å². The summed E-state index contributed by atoms with van der Waals surface area (Å²) >= 11 is 0. The summed E-state index contributed by atoms with van der Waals surface area (Å²) in [6, 6.07) is 108. The number of rotatable bonds is 9. The predicted molar refractivity (Wildman–Crippen MR) is 339 cm³/mol. The second-order valence-electron chi connectivity index (χ2n) is 21.2. The zero-order chi connectivity index (χ0) is 52.7. The number of aromatic nitrogens is 3. The highest BCUT2D eigenvalue weighted by molar-refractivity contribution is 7.22. The van der Waals surface area contributed by atoms with Crippen molar-refractivity contribution in [1.29, 1.82) is 0 Å². The van der Waals surface area contributed by atoms with Gasteiger partial charge in [-0.1, -0.05) is 241 Å². The third-order valence-corrected chi connectivity index (χ3v) is 21.8. The van der Waals surface area contributed by atoms with E-state index in [9.17, 15) is 0 Å². The molecule has 0 atom stereocenters. The van der Waals surface area contributed by atoms with E-state index in [1.807, 2.05) is 12.3 Å². The average molecular weight is 1030 g/mol. The van der Waals surface area contributed by atoms with Crippen LogP contribution >= 0.6 is 0 Å². The van der Waals surface area contributed by atoms with Gasteiger partial charge in [0.2, 0.25) is 12.7 Å². The largest absolute Gasteiger partial charge is 0.310 e. The van der Waals surface area contributed by atoms with Crippen LogP contribution in [0.1, 0.15) is 0 Å². The van der Waals surface area contributed by atoms with Crippen LogP contribution in [-0.4, -0.2) is 29.3 Å². The number of para-hydroxylation sites is 1. The Morgan fingerprint density at radius 2 is 0.925 bits per heavy atom. The second-order valence-corrected chi connectivity index (χ2v) is 25.0. The molecule has 372 valence electrons. The number of fused-ring (bicyclic) bond motifs is 10. The molecule has 0 aliphatic carbocycles. The summed E-state index contributed by atoms with van der Waals surface area (Å²) in [6.45, 7) is 0.0769. The first-order valence-electron chi connectivity index (χ1n) is 27.6. The minimum Gasteiger partial charge on any atom is -0.310 e. The van der Waals surface area contributed by atoms with Gasteiger partial charge in [0.1, 0.15) is 0 Å². The van der Waals surface area contributed by atoms with E-state index < -0.39 is 8.07 Å². The average Bonchev–Trinajstić information content (AvgIpc) is 4.24. The molecule has 0 unspecified atom stereocenters. The van der Waals surface area contributed by atoms with Gasteiger partial charge in [-0.25, -0.2) is 9.97 Å². The second kappa shape index (κ2) is 18.5. The van der Waals surface area contributed by atoms with Crippen LogP contribution in [0.25, 0.3) is 83.2 Å². The fourth-order valence-electron chi connectivity index (χ4n) is 13.5. The molecule has 0 saturated heterocycles. The molecule has 12 aromatic carbocycles. The van der Waals surface area contributed by atoms with Gasteiger partial charge >= 0.3 is 0 Å². The van der Waals surface area contributed by atoms with Gasteiger partial charge in [-0.05, 0) is 132 Å². The van der Waals surface area contributed by atoms with Crippen molar-refractivity contribution < 1.29 is 0 Å². The van der Waals surface area contributed by atoms with Crippen LogP contribution in [0.15, 0.2) is 297 Å². The Balaban J connectivity index is 0.981. The minimum atomic E-state index is -2.76. The lowest BCUT2D eigenvalue weighted by Crippen LogP contribution is -2.72. The molecule has 6 heteroatoms. The van der Waals surface area contributed by atoms with Gasteiger partial charge < -0.3 is 4.90 Å². The summed E-state index contributed by atoms with van der Waals surface area (Å²) in [5, 5.41) is 8.86. The summed E-state index contributed by atoms with van der Waals surface area (Å²) < 4.78 is 2.30. The molecule has 0 saturated carbocycles. The molecule has 14 aromatic rings. The zero-order valence-corrected chi connectivity index (χ0v) is 44.7. The molecule has 0 bridgehead atoms. The van der Waals surface area contributed by atoms with E-state index >= 15 is 0 Å². The van der Waals surface area contributed by atoms with E-state index in [2.05, 4.69) is 295 Å². The molecule has 4 nitrogen and oxygen atoms in total. The topological polar surface area (TPSA) is 34.0 Å². The SMILES string of the molecule is c1ccc(B2c3ccccc3-c3cc4c5cc(N(c6cc(-c7ccccc7)cc(-c7ccccc7)c6)c6ccc7c(c6)-c6ccccc6[Si]7(c6ccccc6)c6ccccc6)ccc5n(-c5ncc6ccccc6n5)c4cc32)cc1. The van der Waals surface area contributed by atoms with E-state index in [4.69, 9.17) is 9.97 Å². The molecule has 2 aliphatic rings. The highest BCUT2D eigenvalue weighted by atomic mass is 28.3. The number of hydrogen-bond donors (Lipinski definition) is 0. The van der Waals surface area contributed by atoms with Crippen LogP contribution < -0.4 is 42.0 Å². The van der Waals surface area contributed by atoms with Crippen LogP contribution in [-0.2, 0) is 0 Å². The van der Waals surface area contributed by atoms with Crippen molar-refractivity contribution in [3.8, 4) is 50.5 Å². The predicted octanol–water partition coefficient (Wildman–Crippen LogP) is 13.4. The highest BCUT2D eigenvalue weighted by Crippen LogP contribution is 2.45. The van der Waals surface area contributed by atoms with Gasteiger partial charge in [0.25, 0.3) is 0 Å². The minimum absolute atomic E-state index is 0.0769. The molecule has 80 heavy (non-hydrogen) atoms. The fourth-order valence-corrected chi connectivity index (χ4v) is 18.7. The molecule has 2 aliphatic heterocycles. The number of benzene rings is 12. The Morgan fingerprint density at radius 1 is 0.362 bits per heavy atom. The maximum atomic E-state index is 5.31. The van der Waals surface area contributed by atoms with Crippen LogP contribution in [0.4, 0.5) is 17.1 Å². The van der Waals surface area contributed by atoms with Crippen molar-refractivity contribution >= 4 is 102 Å². The van der Waals surface area contributed by atoms with Gasteiger partial charge in [0.05, 0.1) is 16.6 Å². The third-order valence-electron chi connectivity index (χ3n) is 17.0. The molecule has 0 fully saturated rings. The molecule has 4 heterocycles. The number of hydrogen-bond acceptors (Lipinski definition) is 3. The molecular formula is C74H49BN4Si. The van der Waals surface area contributed by atoms with Gasteiger partial charge in [0, 0.05) is 39.4 Å². The normalized spacial score (nSPS) is 12.8. The maximum absolute atomic E-state index is 5.31. The Kier molecular flexibility index (Phi) is 10.6. The standard InChI is InChI=1S/C74H49BN4Si/c1-6-22-50(23-7-1)53-42-54(51-24-8-2-9-25-51)44-58(43-53)78(57-39-41-73-66(46-57)62-34-18-21-37-72(62)80(73,59-29-12-4-13-30-59)60-31-14-5-15-32-60)56-38-40-70-64(45-56)65-47-63-61-33-17-19-35-67(61)75(55-27-10-3-11-28-55)68(63)48-71(65)79(70)74-76-49-52-26-16-20-36-69(52)77-74/h1-49H.